The quantitative estimate of drug-likeness (QED) is 0.891. The van der Waals surface area contributed by atoms with Crippen LogP contribution in [-0.2, 0) is 0 Å². The minimum Gasteiger partial charge on any atom is -0.375 e. The molecule has 0 unspecified atom stereocenters. The molecule has 0 aliphatic carbocycles. The molecule has 17 heavy (non-hydrogen) atoms. The third kappa shape index (κ3) is 2.32. The van der Waals surface area contributed by atoms with E-state index in [1.807, 2.05) is 0 Å². The van der Waals surface area contributed by atoms with Gasteiger partial charge in [0.05, 0.1) is 9.48 Å². The van der Waals surface area contributed by atoms with Gasteiger partial charge in [0.15, 0.2) is 5.13 Å². The zero-order valence-corrected chi connectivity index (χ0v) is 11.3. The molecule has 90 valence electrons. The van der Waals surface area contributed by atoms with E-state index in [4.69, 9.17) is 5.73 Å². The second kappa shape index (κ2) is 4.70. The second-order valence-electron chi connectivity index (χ2n) is 3.51. The van der Waals surface area contributed by atoms with Crippen molar-refractivity contribution in [2.24, 2.45) is 0 Å². The number of aromatic nitrogens is 1. The Morgan fingerprint density at radius 3 is 2.65 bits per heavy atom. The van der Waals surface area contributed by atoms with Crippen LogP contribution in [0.15, 0.2) is 22.0 Å². The molecule has 0 saturated heterocycles. The second-order valence-corrected chi connectivity index (χ2v) is 5.86. The molecule has 6 heteroatoms. The lowest BCUT2D eigenvalue weighted by Crippen LogP contribution is -1.94. The number of rotatable bonds is 2. The molecular weight excluding hydrogens is 310 g/mol. The summed E-state index contributed by atoms with van der Waals surface area (Å²) in [6.07, 6.45) is -2.53. The van der Waals surface area contributed by atoms with E-state index in [1.165, 1.54) is 17.4 Å². The predicted molar refractivity (Wildman–Crippen MR) is 69.4 cm³/mol. The highest BCUT2D eigenvalue weighted by molar-refractivity contribution is 9.11. The van der Waals surface area contributed by atoms with E-state index in [9.17, 15) is 8.78 Å². The van der Waals surface area contributed by atoms with E-state index in [0.717, 1.165) is 5.56 Å². The van der Waals surface area contributed by atoms with Crippen LogP contribution in [0.1, 0.15) is 17.6 Å². The first kappa shape index (κ1) is 12.4. The molecular formula is C11H9BrF2N2S. The number of thiazole rings is 1. The summed E-state index contributed by atoms with van der Waals surface area (Å²) in [7, 11) is 0. The lowest BCUT2D eigenvalue weighted by molar-refractivity contribution is 0.152. The van der Waals surface area contributed by atoms with Gasteiger partial charge in [0.2, 0.25) is 0 Å². The molecule has 1 aromatic carbocycles. The summed E-state index contributed by atoms with van der Waals surface area (Å²) in [6, 6.07) is 4.81. The summed E-state index contributed by atoms with van der Waals surface area (Å²) in [6.45, 7) is 1.78. The molecule has 2 N–H and O–H groups in total. The predicted octanol–water partition coefficient (Wildman–Crippen LogP) is 4.40. The van der Waals surface area contributed by atoms with Gasteiger partial charge in [-0.1, -0.05) is 29.5 Å². The van der Waals surface area contributed by atoms with Crippen LogP contribution in [0.2, 0.25) is 0 Å². The van der Waals surface area contributed by atoms with Crippen molar-refractivity contribution in [3.63, 3.8) is 0 Å². The van der Waals surface area contributed by atoms with Gasteiger partial charge in [-0.15, -0.1) is 0 Å². The summed E-state index contributed by atoms with van der Waals surface area (Å²) in [4.78, 5) is 4.10. The van der Waals surface area contributed by atoms with Gasteiger partial charge in [-0.2, -0.15) is 0 Å². The standard InChI is InChI=1S/C11H9BrF2N2S/c1-5-3-2-4-6(10(13)14)7(5)8-9(12)17-11(15)16-8/h2-4,10H,1H3,(H2,15,16). The van der Waals surface area contributed by atoms with Crippen LogP contribution in [0, 0.1) is 6.92 Å². The van der Waals surface area contributed by atoms with Gasteiger partial charge in [-0.25, -0.2) is 13.8 Å². The molecule has 1 aromatic heterocycles. The normalized spacial score (nSPS) is 11.1. The van der Waals surface area contributed by atoms with Crippen LogP contribution in [0.5, 0.6) is 0 Å². The highest BCUT2D eigenvalue weighted by atomic mass is 79.9. The molecule has 0 saturated carbocycles. The summed E-state index contributed by atoms with van der Waals surface area (Å²) in [5.74, 6) is 0. The molecule has 0 bridgehead atoms. The largest absolute Gasteiger partial charge is 0.375 e. The van der Waals surface area contributed by atoms with E-state index < -0.39 is 6.43 Å². The van der Waals surface area contributed by atoms with Crippen molar-refractivity contribution in [1.82, 2.24) is 4.98 Å². The molecule has 0 aliphatic heterocycles. The highest BCUT2D eigenvalue weighted by Gasteiger charge is 2.20. The van der Waals surface area contributed by atoms with E-state index in [-0.39, 0.29) is 5.56 Å². The summed E-state index contributed by atoms with van der Waals surface area (Å²) in [5, 5.41) is 0.357. The molecule has 0 radical (unpaired) electrons. The molecule has 2 rings (SSSR count). The van der Waals surface area contributed by atoms with Gasteiger partial charge in [-0.3, -0.25) is 0 Å². The van der Waals surface area contributed by atoms with Crippen molar-refractivity contribution in [1.29, 1.82) is 0 Å². The number of nitrogen functional groups attached to an aromatic ring is 1. The highest BCUT2D eigenvalue weighted by Crippen LogP contribution is 2.40. The molecule has 0 atom stereocenters. The van der Waals surface area contributed by atoms with Crippen molar-refractivity contribution < 1.29 is 8.78 Å². The molecule has 0 fully saturated rings. The van der Waals surface area contributed by atoms with Crippen LogP contribution in [0.3, 0.4) is 0 Å². The Morgan fingerprint density at radius 1 is 1.41 bits per heavy atom. The van der Waals surface area contributed by atoms with Crippen molar-refractivity contribution in [3.05, 3.63) is 33.1 Å². The van der Waals surface area contributed by atoms with Crippen LogP contribution in [0.4, 0.5) is 13.9 Å². The van der Waals surface area contributed by atoms with Gasteiger partial charge in [0.1, 0.15) is 0 Å². The molecule has 2 nitrogen and oxygen atoms in total. The Kier molecular flexibility index (Phi) is 3.44. The van der Waals surface area contributed by atoms with Gasteiger partial charge in [0.25, 0.3) is 6.43 Å². The minimum atomic E-state index is -2.53. The van der Waals surface area contributed by atoms with Crippen molar-refractivity contribution >= 4 is 32.4 Å². The van der Waals surface area contributed by atoms with Crippen LogP contribution < -0.4 is 5.73 Å². The average molecular weight is 319 g/mol. The lowest BCUT2D eigenvalue weighted by atomic mass is 10.00. The summed E-state index contributed by atoms with van der Waals surface area (Å²) >= 11 is 4.53. The number of halogens is 3. The van der Waals surface area contributed by atoms with Gasteiger partial charge in [0, 0.05) is 11.1 Å². The fourth-order valence-electron chi connectivity index (χ4n) is 1.67. The Bertz CT molecular complexity index is 554. The number of hydrogen-bond acceptors (Lipinski definition) is 3. The smallest absolute Gasteiger partial charge is 0.264 e. The molecule has 0 amide bonds. The number of alkyl halides is 2. The maximum absolute atomic E-state index is 13.0. The topological polar surface area (TPSA) is 38.9 Å². The number of benzene rings is 1. The van der Waals surface area contributed by atoms with Gasteiger partial charge < -0.3 is 5.73 Å². The van der Waals surface area contributed by atoms with Crippen molar-refractivity contribution in [2.45, 2.75) is 13.3 Å². The Hall–Kier alpha value is -1.01. The SMILES string of the molecule is Cc1cccc(C(F)F)c1-c1nc(N)sc1Br. The molecule has 2 aromatic rings. The number of aryl methyl sites for hydroxylation is 1. The maximum atomic E-state index is 13.0. The zero-order chi connectivity index (χ0) is 12.6. The fraction of sp³-hybridized carbons (Fsp3) is 0.182. The number of hydrogen-bond donors (Lipinski definition) is 1. The fourth-order valence-corrected chi connectivity index (χ4v) is 3.02. The number of anilines is 1. The first-order chi connectivity index (χ1) is 8.00. The van der Waals surface area contributed by atoms with Gasteiger partial charge >= 0.3 is 0 Å². The summed E-state index contributed by atoms with van der Waals surface area (Å²) in [5.41, 5.74) is 7.27. The molecule has 0 spiro atoms. The van der Waals surface area contributed by atoms with Crippen molar-refractivity contribution in [2.75, 3.05) is 5.73 Å². The van der Waals surface area contributed by atoms with E-state index in [2.05, 4.69) is 20.9 Å². The third-order valence-corrected chi connectivity index (χ3v) is 3.91. The minimum absolute atomic E-state index is 0.0176. The monoisotopic (exact) mass is 318 g/mol. The maximum Gasteiger partial charge on any atom is 0.264 e. The average Bonchev–Trinajstić information content (AvgIpc) is 2.57. The zero-order valence-electron chi connectivity index (χ0n) is 8.88. The lowest BCUT2D eigenvalue weighted by Gasteiger charge is -2.10. The van der Waals surface area contributed by atoms with Crippen LogP contribution in [0.25, 0.3) is 11.3 Å². The summed E-state index contributed by atoms with van der Waals surface area (Å²) < 4.78 is 26.6. The Balaban J connectivity index is 2.69. The van der Waals surface area contributed by atoms with Gasteiger partial charge in [-0.05, 0) is 28.4 Å². The molecule has 1 heterocycles. The first-order valence-corrected chi connectivity index (χ1v) is 6.41. The molecule has 0 aliphatic rings. The van der Waals surface area contributed by atoms with Crippen LogP contribution in [-0.4, -0.2) is 4.98 Å². The first-order valence-electron chi connectivity index (χ1n) is 4.80. The Morgan fingerprint density at radius 2 is 2.12 bits per heavy atom. The van der Waals surface area contributed by atoms with Crippen molar-refractivity contribution in [3.8, 4) is 11.3 Å². The van der Waals surface area contributed by atoms with E-state index >= 15 is 0 Å². The third-order valence-electron chi connectivity index (χ3n) is 2.38. The number of nitrogens with two attached hydrogens (primary N) is 1. The van der Waals surface area contributed by atoms with E-state index in [1.54, 1.807) is 19.1 Å². The number of nitrogens with zero attached hydrogens (tertiary/aromatic N) is 1. The Labute approximate surface area is 110 Å². The van der Waals surface area contributed by atoms with E-state index in [0.29, 0.717) is 20.2 Å². The van der Waals surface area contributed by atoms with Crippen LogP contribution >= 0.6 is 27.3 Å².